The zero-order chi connectivity index (χ0) is 13.1. The van der Waals surface area contributed by atoms with Crippen LogP contribution in [0, 0.1) is 0 Å². The third kappa shape index (κ3) is 3.15. The zero-order valence-corrected chi connectivity index (χ0v) is 12.6. The molecule has 3 heteroatoms. The van der Waals surface area contributed by atoms with Crippen molar-refractivity contribution >= 4 is 34.9 Å². The standard InChI is InChI=1S/C17H15NS.ClH/c18-12-15-7-3-4-8-17(15)19-16-10-9-13-5-1-2-6-14(13)11-16;/h1-11H,12,18H2;1H. The van der Waals surface area contributed by atoms with Gasteiger partial charge in [-0.05, 0) is 34.5 Å². The van der Waals surface area contributed by atoms with Crippen LogP contribution in [0.15, 0.2) is 76.5 Å². The Morgan fingerprint density at radius 3 is 2.30 bits per heavy atom. The monoisotopic (exact) mass is 301 g/mol. The van der Waals surface area contributed by atoms with E-state index in [1.165, 1.54) is 26.1 Å². The van der Waals surface area contributed by atoms with E-state index in [1.807, 2.05) is 6.07 Å². The lowest BCUT2D eigenvalue weighted by atomic mass is 10.1. The summed E-state index contributed by atoms with van der Waals surface area (Å²) in [5.41, 5.74) is 6.98. The third-order valence-corrected chi connectivity index (χ3v) is 4.25. The summed E-state index contributed by atoms with van der Waals surface area (Å²) >= 11 is 1.77. The van der Waals surface area contributed by atoms with Crippen LogP contribution in [0.3, 0.4) is 0 Å². The Kier molecular flexibility index (Phi) is 5.07. The molecule has 0 saturated heterocycles. The second-order valence-corrected chi connectivity index (χ2v) is 5.54. The zero-order valence-electron chi connectivity index (χ0n) is 11.0. The molecule has 3 aromatic rings. The Hall–Kier alpha value is -1.48. The van der Waals surface area contributed by atoms with Crippen molar-refractivity contribution in [3.05, 3.63) is 72.3 Å². The Bertz CT molecular complexity index is 712. The predicted molar refractivity (Wildman–Crippen MR) is 89.7 cm³/mol. The number of fused-ring (bicyclic) bond motifs is 1. The van der Waals surface area contributed by atoms with Gasteiger partial charge in [0.2, 0.25) is 0 Å². The molecule has 0 fully saturated rings. The number of hydrogen-bond acceptors (Lipinski definition) is 2. The summed E-state index contributed by atoms with van der Waals surface area (Å²) in [6.07, 6.45) is 0. The molecule has 0 atom stereocenters. The molecule has 0 unspecified atom stereocenters. The molecule has 0 aliphatic rings. The molecular formula is C17H16ClNS. The highest BCUT2D eigenvalue weighted by Gasteiger charge is 2.03. The molecule has 102 valence electrons. The molecule has 0 radical (unpaired) electrons. The molecule has 0 saturated carbocycles. The predicted octanol–water partition coefficient (Wildman–Crippen LogP) is 4.87. The fourth-order valence-electron chi connectivity index (χ4n) is 2.13. The van der Waals surface area contributed by atoms with Gasteiger partial charge in [0.1, 0.15) is 0 Å². The largest absolute Gasteiger partial charge is 0.326 e. The molecule has 3 aromatic carbocycles. The summed E-state index contributed by atoms with van der Waals surface area (Å²) in [5.74, 6) is 0. The first-order valence-electron chi connectivity index (χ1n) is 6.31. The molecule has 0 heterocycles. The van der Waals surface area contributed by atoms with Crippen LogP contribution in [-0.4, -0.2) is 0 Å². The van der Waals surface area contributed by atoms with Gasteiger partial charge in [-0.3, -0.25) is 0 Å². The average molecular weight is 302 g/mol. The van der Waals surface area contributed by atoms with Crippen molar-refractivity contribution in [2.75, 3.05) is 0 Å². The van der Waals surface area contributed by atoms with Gasteiger partial charge in [-0.15, -0.1) is 12.4 Å². The van der Waals surface area contributed by atoms with Gasteiger partial charge in [0.15, 0.2) is 0 Å². The molecule has 1 nitrogen and oxygen atoms in total. The molecular weight excluding hydrogens is 286 g/mol. The van der Waals surface area contributed by atoms with Gasteiger partial charge >= 0.3 is 0 Å². The number of benzene rings is 3. The molecule has 0 aliphatic heterocycles. The van der Waals surface area contributed by atoms with Gasteiger partial charge in [0.25, 0.3) is 0 Å². The first-order valence-corrected chi connectivity index (χ1v) is 7.13. The Morgan fingerprint density at radius 2 is 1.50 bits per heavy atom. The van der Waals surface area contributed by atoms with Gasteiger partial charge in [-0.1, -0.05) is 60.3 Å². The van der Waals surface area contributed by atoms with Crippen molar-refractivity contribution in [1.82, 2.24) is 0 Å². The van der Waals surface area contributed by atoms with Crippen LogP contribution >= 0.6 is 24.2 Å². The Balaban J connectivity index is 0.00000147. The molecule has 0 aromatic heterocycles. The number of nitrogens with two attached hydrogens (primary N) is 1. The molecule has 2 N–H and O–H groups in total. The van der Waals surface area contributed by atoms with Crippen LogP contribution in [-0.2, 0) is 6.54 Å². The van der Waals surface area contributed by atoms with Gasteiger partial charge in [-0.25, -0.2) is 0 Å². The van der Waals surface area contributed by atoms with E-state index in [4.69, 9.17) is 5.73 Å². The minimum Gasteiger partial charge on any atom is -0.326 e. The first kappa shape index (κ1) is 14.9. The SMILES string of the molecule is Cl.NCc1ccccc1Sc1ccc2ccccc2c1. The van der Waals surface area contributed by atoms with Crippen LogP contribution in [0.1, 0.15) is 5.56 Å². The quantitative estimate of drug-likeness (QED) is 0.747. The summed E-state index contributed by atoms with van der Waals surface area (Å²) in [4.78, 5) is 2.49. The normalized spacial score (nSPS) is 10.2. The van der Waals surface area contributed by atoms with E-state index in [-0.39, 0.29) is 12.4 Å². The van der Waals surface area contributed by atoms with Crippen molar-refractivity contribution in [3.63, 3.8) is 0 Å². The lowest BCUT2D eigenvalue weighted by molar-refractivity contribution is 1.03. The second-order valence-electron chi connectivity index (χ2n) is 4.42. The first-order chi connectivity index (χ1) is 9.36. The maximum absolute atomic E-state index is 5.78. The molecule has 3 rings (SSSR count). The van der Waals surface area contributed by atoms with Crippen molar-refractivity contribution in [2.45, 2.75) is 16.3 Å². The van der Waals surface area contributed by atoms with Crippen LogP contribution in [0.4, 0.5) is 0 Å². The summed E-state index contributed by atoms with van der Waals surface area (Å²) in [6.45, 7) is 0.580. The molecule has 0 amide bonds. The number of halogens is 1. The summed E-state index contributed by atoms with van der Waals surface area (Å²) in [7, 11) is 0. The van der Waals surface area contributed by atoms with Crippen molar-refractivity contribution in [3.8, 4) is 0 Å². The van der Waals surface area contributed by atoms with Crippen molar-refractivity contribution in [2.24, 2.45) is 5.73 Å². The van der Waals surface area contributed by atoms with E-state index in [0.29, 0.717) is 6.54 Å². The fourth-order valence-corrected chi connectivity index (χ4v) is 3.13. The van der Waals surface area contributed by atoms with E-state index >= 15 is 0 Å². The second kappa shape index (κ2) is 6.80. The summed E-state index contributed by atoms with van der Waals surface area (Å²) in [6, 6.07) is 23.3. The molecule has 20 heavy (non-hydrogen) atoms. The maximum atomic E-state index is 5.78. The highest BCUT2D eigenvalue weighted by atomic mass is 35.5. The Morgan fingerprint density at radius 1 is 0.800 bits per heavy atom. The Labute approximate surface area is 129 Å². The van der Waals surface area contributed by atoms with Gasteiger partial charge in [0, 0.05) is 16.3 Å². The van der Waals surface area contributed by atoms with Crippen molar-refractivity contribution in [1.29, 1.82) is 0 Å². The highest BCUT2D eigenvalue weighted by Crippen LogP contribution is 2.32. The van der Waals surface area contributed by atoms with E-state index in [9.17, 15) is 0 Å². The third-order valence-electron chi connectivity index (χ3n) is 3.14. The van der Waals surface area contributed by atoms with Gasteiger partial charge < -0.3 is 5.73 Å². The highest BCUT2D eigenvalue weighted by molar-refractivity contribution is 7.99. The average Bonchev–Trinajstić information content (AvgIpc) is 2.48. The van der Waals surface area contributed by atoms with Crippen LogP contribution in [0.25, 0.3) is 10.8 Å². The van der Waals surface area contributed by atoms with E-state index in [2.05, 4.69) is 60.7 Å². The van der Waals surface area contributed by atoms with Gasteiger partial charge in [0.05, 0.1) is 0 Å². The van der Waals surface area contributed by atoms with E-state index < -0.39 is 0 Å². The minimum absolute atomic E-state index is 0. The number of hydrogen-bond donors (Lipinski definition) is 1. The fraction of sp³-hybridized carbons (Fsp3) is 0.0588. The van der Waals surface area contributed by atoms with Crippen molar-refractivity contribution < 1.29 is 0 Å². The van der Waals surface area contributed by atoms with E-state index in [0.717, 1.165) is 0 Å². The van der Waals surface area contributed by atoms with Crippen LogP contribution in [0.5, 0.6) is 0 Å². The van der Waals surface area contributed by atoms with E-state index in [1.54, 1.807) is 11.8 Å². The lowest BCUT2D eigenvalue weighted by Crippen LogP contribution is -1.97. The smallest absolute Gasteiger partial charge is 0.0189 e. The molecule has 0 spiro atoms. The topological polar surface area (TPSA) is 26.0 Å². The molecule has 0 bridgehead atoms. The molecule has 0 aliphatic carbocycles. The number of rotatable bonds is 3. The lowest BCUT2D eigenvalue weighted by Gasteiger charge is -2.08. The van der Waals surface area contributed by atoms with Crippen LogP contribution in [0.2, 0.25) is 0 Å². The maximum Gasteiger partial charge on any atom is 0.0189 e. The van der Waals surface area contributed by atoms with Crippen LogP contribution < -0.4 is 5.73 Å². The minimum atomic E-state index is 0. The van der Waals surface area contributed by atoms with Gasteiger partial charge in [-0.2, -0.15) is 0 Å². The summed E-state index contributed by atoms with van der Waals surface area (Å²) < 4.78 is 0. The summed E-state index contributed by atoms with van der Waals surface area (Å²) in [5, 5.41) is 2.55.